The SMILES string of the molecule is [NH2][Ge][CH2]CC(=O)O. The van der Waals surface area contributed by atoms with Crippen molar-refractivity contribution in [2.24, 2.45) is 4.69 Å². The van der Waals surface area contributed by atoms with Crippen molar-refractivity contribution in [3.8, 4) is 0 Å². The van der Waals surface area contributed by atoms with Gasteiger partial charge >= 0.3 is 47.9 Å². The summed E-state index contributed by atoms with van der Waals surface area (Å²) >= 11 is -0.412. The van der Waals surface area contributed by atoms with E-state index in [9.17, 15) is 4.79 Å². The number of carboxylic acids is 1. The maximum atomic E-state index is 9.72. The van der Waals surface area contributed by atoms with Crippen molar-refractivity contribution in [1.82, 2.24) is 0 Å². The van der Waals surface area contributed by atoms with Crippen molar-refractivity contribution >= 4 is 21.6 Å². The van der Waals surface area contributed by atoms with Crippen molar-refractivity contribution in [3.05, 3.63) is 0 Å². The van der Waals surface area contributed by atoms with Gasteiger partial charge in [0.05, 0.1) is 0 Å². The molecule has 2 radical (unpaired) electrons. The molecule has 0 aromatic rings. The van der Waals surface area contributed by atoms with Crippen molar-refractivity contribution in [2.45, 2.75) is 11.7 Å². The van der Waals surface area contributed by atoms with E-state index in [1.54, 1.807) is 0 Å². The van der Waals surface area contributed by atoms with E-state index in [2.05, 4.69) is 0 Å². The van der Waals surface area contributed by atoms with E-state index in [0.717, 1.165) is 0 Å². The van der Waals surface area contributed by atoms with Gasteiger partial charge in [0.25, 0.3) is 0 Å². The third-order valence-corrected chi connectivity index (χ3v) is 1.61. The van der Waals surface area contributed by atoms with Gasteiger partial charge in [0, 0.05) is 0 Å². The Morgan fingerprint density at radius 1 is 1.86 bits per heavy atom. The number of nitrogens with two attached hydrogens (primary N) is 1. The second-order valence-electron chi connectivity index (χ2n) is 1.10. The topological polar surface area (TPSA) is 63.3 Å². The summed E-state index contributed by atoms with van der Waals surface area (Å²) in [6.07, 6.45) is 0.247. The molecule has 0 aliphatic rings. The normalized spacial score (nSPS) is 8.71. The van der Waals surface area contributed by atoms with E-state index in [4.69, 9.17) is 9.80 Å². The molecule has 40 valence electrons. The number of carbonyl (C=O) groups is 1. The van der Waals surface area contributed by atoms with Gasteiger partial charge in [-0.05, 0) is 0 Å². The van der Waals surface area contributed by atoms with E-state index in [1.165, 1.54) is 0 Å². The molecule has 0 unspecified atom stereocenters. The Morgan fingerprint density at radius 3 is 2.57 bits per heavy atom. The predicted octanol–water partition coefficient (Wildman–Crippen LogP) is -0.543. The molecule has 0 rings (SSSR count). The Labute approximate surface area is 48.6 Å². The number of hydrogen-bond acceptors (Lipinski definition) is 2. The molecule has 3 nitrogen and oxygen atoms in total. The van der Waals surface area contributed by atoms with Gasteiger partial charge in [-0.25, -0.2) is 0 Å². The first kappa shape index (κ1) is 6.97. The van der Waals surface area contributed by atoms with Gasteiger partial charge in [-0.15, -0.1) is 0 Å². The molecule has 0 saturated heterocycles. The van der Waals surface area contributed by atoms with Gasteiger partial charge in [0.15, 0.2) is 0 Å². The number of carboxylic acid groups (broad SMARTS) is 1. The summed E-state index contributed by atoms with van der Waals surface area (Å²) in [7, 11) is 0. The van der Waals surface area contributed by atoms with E-state index >= 15 is 0 Å². The fraction of sp³-hybridized carbons (Fsp3) is 0.667. The zero-order valence-corrected chi connectivity index (χ0v) is 5.95. The summed E-state index contributed by atoms with van der Waals surface area (Å²) in [6.45, 7) is 0. The van der Waals surface area contributed by atoms with E-state index in [1.807, 2.05) is 0 Å². The minimum atomic E-state index is -0.741. The first-order chi connectivity index (χ1) is 3.27. The zero-order chi connectivity index (χ0) is 5.70. The molecule has 0 bridgehead atoms. The summed E-state index contributed by atoms with van der Waals surface area (Å²) < 4.78 is 5.14. The Morgan fingerprint density at radius 2 is 2.43 bits per heavy atom. The van der Waals surface area contributed by atoms with Gasteiger partial charge < -0.3 is 0 Å². The Balaban J connectivity index is 2.82. The second kappa shape index (κ2) is 4.14. The first-order valence-electron chi connectivity index (χ1n) is 1.92. The Bertz CT molecular complexity index is 66.0. The standard InChI is InChI=1S/C3H7GeNO2/c5-4-2-1-3(6)7/h1-2,5H2,(H,6,7). The van der Waals surface area contributed by atoms with Gasteiger partial charge in [-0.2, -0.15) is 0 Å². The summed E-state index contributed by atoms with van der Waals surface area (Å²) in [6, 6.07) is 0. The molecule has 0 amide bonds. The summed E-state index contributed by atoms with van der Waals surface area (Å²) in [5, 5.41) is 8.71. The molecule has 0 aromatic heterocycles. The van der Waals surface area contributed by atoms with Crippen LogP contribution in [0.15, 0.2) is 0 Å². The van der Waals surface area contributed by atoms with Crippen LogP contribution in [0.4, 0.5) is 0 Å². The van der Waals surface area contributed by atoms with Gasteiger partial charge in [-0.1, -0.05) is 0 Å². The molecule has 0 spiro atoms. The Hall–Kier alpha value is -0.0271. The van der Waals surface area contributed by atoms with Crippen molar-refractivity contribution < 1.29 is 9.90 Å². The van der Waals surface area contributed by atoms with E-state index in [0.29, 0.717) is 5.25 Å². The quantitative estimate of drug-likeness (QED) is 0.547. The van der Waals surface area contributed by atoms with E-state index < -0.39 is 21.6 Å². The van der Waals surface area contributed by atoms with Crippen LogP contribution in [-0.2, 0) is 4.79 Å². The van der Waals surface area contributed by atoms with Crippen molar-refractivity contribution in [2.75, 3.05) is 0 Å². The van der Waals surface area contributed by atoms with Crippen LogP contribution in [-0.4, -0.2) is 26.7 Å². The zero-order valence-electron chi connectivity index (χ0n) is 3.85. The van der Waals surface area contributed by atoms with Crippen LogP contribution in [0.5, 0.6) is 0 Å². The average Bonchev–Trinajstić information content (AvgIpc) is 1.61. The van der Waals surface area contributed by atoms with Gasteiger partial charge in [-0.3, -0.25) is 0 Å². The molecule has 0 fully saturated rings. The van der Waals surface area contributed by atoms with Crippen LogP contribution >= 0.6 is 0 Å². The molecule has 0 aliphatic heterocycles. The molecular formula is C3H7GeNO2. The molecule has 4 heteroatoms. The summed E-state index contributed by atoms with van der Waals surface area (Å²) in [4.78, 5) is 9.72. The fourth-order valence-electron chi connectivity index (χ4n) is 0.179. The molecule has 0 aromatic carbocycles. The van der Waals surface area contributed by atoms with Crippen LogP contribution < -0.4 is 4.69 Å². The van der Waals surface area contributed by atoms with Gasteiger partial charge in [0.1, 0.15) is 0 Å². The maximum absolute atomic E-state index is 9.72. The van der Waals surface area contributed by atoms with Crippen LogP contribution in [0.25, 0.3) is 0 Å². The molecule has 0 saturated carbocycles. The van der Waals surface area contributed by atoms with Gasteiger partial charge in [0.2, 0.25) is 0 Å². The number of aliphatic carboxylic acids is 1. The molecule has 7 heavy (non-hydrogen) atoms. The predicted molar refractivity (Wildman–Crippen MR) is 27.0 cm³/mol. The summed E-state index contributed by atoms with van der Waals surface area (Å²) in [5.74, 6) is -0.741. The average molecular weight is 162 g/mol. The van der Waals surface area contributed by atoms with Crippen LogP contribution in [0.3, 0.4) is 0 Å². The third kappa shape index (κ3) is 5.97. The number of hydrogen-bond donors (Lipinski definition) is 2. The summed E-state index contributed by atoms with van der Waals surface area (Å²) in [5.41, 5.74) is 0. The molecule has 0 heterocycles. The second-order valence-corrected chi connectivity index (χ2v) is 3.00. The van der Waals surface area contributed by atoms with Crippen LogP contribution in [0.2, 0.25) is 5.25 Å². The monoisotopic (exact) mass is 163 g/mol. The Kier molecular flexibility index (Phi) is 4.12. The third-order valence-electron chi connectivity index (χ3n) is 0.483. The molecular weight excluding hydrogens is 155 g/mol. The van der Waals surface area contributed by atoms with Crippen molar-refractivity contribution in [3.63, 3.8) is 0 Å². The molecule has 0 atom stereocenters. The molecule has 3 N–H and O–H groups in total. The minimum absolute atomic E-state index is 0.247. The van der Waals surface area contributed by atoms with E-state index in [-0.39, 0.29) is 6.42 Å². The van der Waals surface area contributed by atoms with Crippen molar-refractivity contribution in [1.29, 1.82) is 0 Å². The number of rotatable bonds is 3. The molecule has 0 aliphatic carbocycles. The van der Waals surface area contributed by atoms with Crippen LogP contribution in [0.1, 0.15) is 6.42 Å². The fourth-order valence-corrected chi connectivity index (χ4v) is 0.931. The van der Waals surface area contributed by atoms with Crippen LogP contribution in [0, 0.1) is 0 Å². The first-order valence-corrected chi connectivity index (χ1v) is 4.62.